The molecule has 0 bridgehead atoms. The predicted octanol–water partition coefficient (Wildman–Crippen LogP) is 1.42. The third-order valence-electron chi connectivity index (χ3n) is 2.26. The molecule has 0 aliphatic carbocycles. The normalized spacial score (nSPS) is 10.5. The van der Waals surface area contributed by atoms with Crippen LogP contribution in [-0.4, -0.2) is 32.0 Å². The highest BCUT2D eigenvalue weighted by atomic mass is 16.5. The number of amides is 1. The van der Waals surface area contributed by atoms with Crippen molar-refractivity contribution in [3.8, 4) is 0 Å². The van der Waals surface area contributed by atoms with Crippen LogP contribution < -0.4 is 5.32 Å². The summed E-state index contributed by atoms with van der Waals surface area (Å²) in [6.45, 7) is 1.01. The quantitative estimate of drug-likeness (QED) is 0.450. The topological polar surface area (TPSA) is 55.4 Å². The van der Waals surface area contributed by atoms with E-state index in [9.17, 15) is 9.59 Å². The van der Waals surface area contributed by atoms with Gasteiger partial charge in [0.2, 0.25) is 5.78 Å². The largest absolute Gasteiger partial charge is 0.385 e. The molecule has 96 valence electrons. The molecule has 0 aliphatic rings. The number of hydrogen-bond acceptors (Lipinski definition) is 3. The Morgan fingerprint density at radius 1 is 1.28 bits per heavy atom. The average Bonchev–Trinajstić information content (AvgIpc) is 2.42. The van der Waals surface area contributed by atoms with Crippen molar-refractivity contribution >= 4 is 17.8 Å². The second kappa shape index (κ2) is 8.20. The van der Waals surface area contributed by atoms with Crippen LogP contribution in [0.2, 0.25) is 0 Å². The van der Waals surface area contributed by atoms with E-state index in [1.165, 1.54) is 6.08 Å². The molecule has 18 heavy (non-hydrogen) atoms. The molecule has 0 fully saturated rings. The molecule has 1 aromatic rings. The lowest BCUT2D eigenvalue weighted by molar-refractivity contribution is -0.135. The van der Waals surface area contributed by atoms with Crippen molar-refractivity contribution in [2.75, 3.05) is 20.3 Å². The number of methoxy groups -OCH3 is 1. The second-order valence-electron chi connectivity index (χ2n) is 3.71. The lowest BCUT2D eigenvalue weighted by Crippen LogP contribution is -2.31. The summed E-state index contributed by atoms with van der Waals surface area (Å²) in [4.78, 5) is 22.8. The first kappa shape index (κ1) is 14.1. The highest BCUT2D eigenvalue weighted by molar-refractivity contribution is 6.41. The van der Waals surface area contributed by atoms with E-state index < -0.39 is 11.7 Å². The monoisotopic (exact) mass is 247 g/mol. The van der Waals surface area contributed by atoms with E-state index >= 15 is 0 Å². The second-order valence-corrected chi connectivity index (χ2v) is 3.71. The molecule has 0 aromatic heterocycles. The first-order chi connectivity index (χ1) is 8.74. The van der Waals surface area contributed by atoms with Crippen LogP contribution in [0, 0.1) is 0 Å². The number of carbonyl (C=O) groups is 2. The number of nitrogens with one attached hydrogen (secondary N) is 1. The van der Waals surface area contributed by atoms with E-state index in [0.29, 0.717) is 19.6 Å². The number of rotatable bonds is 7. The highest BCUT2D eigenvalue weighted by Gasteiger charge is 2.08. The fraction of sp³-hybridized carbons (Fsp3) is 0.286. The van der Waals surface area contributed by atoms with Gasteiger partial charge in [0.15, 0.2) is 0 Å². The fourth-order valence-corrected chi connectivity index (χ4v) is 1.32. The van der Waals surface area contributed by atoms with Crippen LogP contribution in [-0.2, 0) is 14.3 Å². The van der Waals surface area contributed by atoms with E-state index in [4.69, 9.17) is 4.74 Å². The summed E-state index contributed by atoms with van der Waals surface area (Å²) in [7, 11) is 1.59. The fourth-order valence-electron chi connectivity index (χ4n) is 1.32. The maximum Gasteiger partial charge on any atom is 0.291 e. The van der Waals surface area contributed by atoms with Gasteiger partial charge in [0.05, 0.1) is 0 Å². The van der Waals surface area contributed by atoms with E-state index in [1.807, 2.05) is 30.3 Å². The SMILES string of the molecule is COCCCNC(=O)C(=O)/C=C/c1ccccc1. The van der Waals surface area contributed by atoms with Crippen LogP contribution in [0.5, 0.6) is 0 Å². The highest BCUT2D eigenvalue weighted by Crippen LogP contribution is 2.00. The number of carbonyl (C=O) groups excluding carboxylic acids is 2. The van der Waals surface area contributed by atoms with Gasteiger partial charge in [-0.15, -0.1) is 0 Å². The summed E-state index contributed by atoms with van der Waals surface area (Å²) < 4.78 is 4.84. The van der Waals surface area contributed by atoms with Crippen molar-refractivity contribution in [2.24, 2.45) is 0 Å². The summed E-state index contributed by atoms with van der Waals surface area (Å²) in [6, 6.07) is 9.35. The van der Waals surface area contributed by atoms with Crippen molar-refractivity contribution in [1.29, 1.82) is 0 Å². The van der Waals surface area contributed by atoms with Gasteiger partial charge in [-0.2, -0.15) is 0 Å². The third-order valence-corrected chi connectivity index (χ3v) is 2.26. The molecule has 1 aromatic carbocycles. The van der Waals surface area contributed by atoms with Gasteiger partial charge in [0, 0.05) is 20.3 Å². The van der Waals surface area contributed by atoms with Crippen LogP contribution in [0.3, 0.4) is 0 Å². The predicted molar refractivity (Wildman–Crippen MR) is 70.0 cm³/mol. The maximum atomic E-state index is 11.4. The summed E-state index contributed by atoms with van der Waals surface area (Å²) in [6.07, 6.45) is 3.59. The number of hydrogen-bond donors (Lipinski definition) is 1. The lowest BCUT2D eigenvalue weighted by Gasteiger charge is -2.01. The van der Waals surface area contributed by atoms with Gasteiger partial charge in [-0.25, -0.2) is 0 Å². The molecule has 4 nitrogen and oxygen atoms in total. The standard InChI is InChI=1S/C14H17NO3/c1-18-11-5-10-15-14(17)13(16)9-8-12-6-3-2-4-7-12/h2-4,6-9H,5,10-11H2,1H3,(H,15,17)/b9-8+. The van der Waals surface area contributed by atoms with Crippen LogP contribution >= 0.6 is 0 Å². The van der Waals surface area contributed by atoms with Gasteiger partial charge < -0.3 is 10.1 Å². The molecule has 0 saturated carbocycles. The minimum absolute atomic E-state index is 0.442. The molecule has 0 saturated heterocycles. The first-order valence-electron chi connectivity index (χ1n) is 5.78. The number of ether oxygens (including phenoxy) is 1. The molecule has 4 heteroatoms. The van der Waals surface area contributed by atoms with Crippen molar-refractivity contribution < 1.29 is 14.3 Å². The molecular formula is C14H17NO3. The maximum absolute atomic E-state index is 11.4. The molecule has 0 heterocycles. The van der Waals surface area contributed by atoms with E-state index in [2.05, 4.69) is 5.32 Å². The van der Waals surface area contributed by atoms with E-state index in [-0.39, 0.29) is 0 Å². The Hall–Kier alpha value is -1.94. The molecule has 0 radical (unpaired) electrons. The Morgan fingerprint density at radius 3 is 2.67 bits per heavy atom. The van der Waals surface area contributed by atoms with Gasteiger partial charge in [-0.05, 0) is 18.1 Å². The molecule has 0 unspecified atom stereocenters. The molecule has 0 spiro atoms. The third kappa shape index (κ3) is 5.41. The Labute approximate surface area is 107 Å². The molecule has 1 rings (SSSR count). The van der Waals surface area contributed by atoms with Crippen molar-refractivity contribution in [2.45, 2.75) is 6.42 Å². The molecule has 0 atom stereocenters. The van der Waals surface area contributed by atoms with Crippen molar-refractivity contribution in [3.05, 3.63) is 42.0 Å². The number of benzene rings is 1. The molecule has 1 N–H and O–H groups in total. The van der Waals surface area contributed by atoms with Gasteiger partial charge in [0.25, 0.3) is 5.91 Å². The van der Waals surface area contributed by atoms with Crippen LogP contribution in [0.1, 0.15) is 12.0 Å². The zero-order valence-electron chi connectivity index (χ0n) is 10.4. The summed E-state index contributed by atoms with van der Waals surface area (Å²) in [5, 5.41) is 2.53. The minimum atomic E-state index is -0.585. The number of ketones is 1. The zero-order chi connectivity index (χ0) is 13.2. The Morgan fingerprint density at radius 2 is 2.00 bits per heavy atom. The Balaban J connectivity index is 2.36. The van der Waals surface area contributed by atoms with E-state index in [0.717, 1.165) is 5.56 Å². The van der Waals surface area contributed by atoms with Crippen molar-refractivity contribution in [3.63, 3.8) is 0 Å². The molecular weight excluding hydrogens is 230 g/mol. The lowest BCUT2D eigenvalue weighted by atomic mass is 10.2. The summed E-state index contributed by atoms with van der Waals surface area (Å²) in [5.74, 6) is -1.13. The van der Waals surface area contributed by atoms with Crippen LogP contribution in [0.15, 0.2) is 36.4 Å². The van der Waals surface area contributed by atoms with Gasteiger partial charge in [-0.1, -0.05) is 36.4 Å². The van der Waals surface area contributed by atoms with Crippen molar-refractivity contribution in [1.82, 2.24) is 5.32 Å². The van der Waals surface area contributed by atoms with E-state index in [1.54, 1.807) is 13.2 Å². The first-order valence-corrected chi connectivity index (χ1v) is 5.78. The Kier molecular flexibility index (Phi) is 6.43. The zero-order valence-corrected chi connectivity index (χ0v) is 10.4. The van der Waals surface area contributed by atoms with Gasteiger partial charge in [-0.3, -0.25) is 9.59 Å². The minimum Gasteiger partial charge on any atom is -0.385 e. The summed E-state index contributed by atoms with van der Waals surface area (Å²) >= 11 is 0. The summed E-state index contributed by atoms with van der Waals surface area (Å²) in [5.41, 5.74) is 0.887. The van der Waals surface area contributed by atoms with Gasteiger partial charge >= 0.3 is 0 Å². The average molecular weight is 247 g/mol. The smallest absolute Gasteiger partial charge is 0.291 e. The molecule has 0 aliphatic heterocycles. The van der Waals surface area contributed by atoms with Crippen LogP contribution in [0.4, 0.5) is 0 Å². The molecule has 1 amide bonds. The van der Waals surface area contributed by atoms with Gasteiger partial charge in [0.1, 0.15) is 0 Å². The van der Waals surface area contributed by atoms with Crippen LogP contribution in [0.25, 0.3) is 6.08 Å². The Bertz CT molecular complexity index is 412.